The molecule has 0 saturated heterocycles. The van der Waals surface area contributed by atoms with Crippen LogP contribution in [0.25, 0.3) is 0 Å². The predicted octanol–water partition coefficient (Wildman–Crippen LogP) is 3.46. The number of carbonyl (C=O) groups excluding carboxylic acids is 1. The van der Waals surface area contributed by atoms with Gasteiger partial charge in [0.25, 0.3) is 0 Å². The van der Waals surface area contributed by atoms with Gasteiger partial charge in [-0.25, -0.2) is 4.98 Å². The second-order valence-electron chi connectivity index (χ2n) is 4.87. The standard InChI is InChI=1S/C13H20N2OS/c1-4-9(2)12-11(8-16)17-13(14-12)15(3)10-6-5-7-10/h8-10H,4-7H2,1-3H3. The molecule has 1 aliphatic rings. The normalized spacial score (nSPS) is 17.6. The average molecular weight is 252 g/mol. The van der Waals surface area contributed by atoms with E-state index in [0.29, 0.717) is 12.0 Å². The van der Waals surface area contributed by atoms with Crippen molar-refractivity contribution >= 4 is 22.8 Å². The van der Waals surface area contributed by atoms with Crippen LogP contribution in [0.4, 0.5) is 5.13 Å². The summed E-state index contributed by atoms with van der Waals surface area (Å²) >= 11 is 1.54. The molecule has 4 heteroatoms. The van der Waals surface area contributed by atoms with Gasteiger partial charge in [0.1, 0.15) is 0 Å². The van der Waals surface area contributed by atoms with E-state index in [1.807, 2.05) is 0 Å². The van der Waals surface area contributed by atoms with Gasteiger partial charge >= 0.3 is 0 Å². The first-order valence-corrected chi connectivity index (χ1v) is 7.17. The van der Waals surface area contributed by atoms with Gasteiger partial charge in [0.2, 0.25) is 0 Å². The average Bonchev–Trinajstić information content (AvgIpc) is 2.69. The number of aldehydes is 1. The van der Waals surface area contributed by atoms with Crippen LogP contribution in [0.15, 0.2) is 0 Å². The summed E-state index contributed by atoms with van der Waals surface area (Å²) in [5.74, 6) is 0.370. The highest BCUT2D eigenvalue weighted by Gasteiger charge is 2.26. The Kier molecular flexibility index (Phi) is 3.82. The molecule has 94 valence electrons. The number of anilines is 1. The van der Waals surface area contributed by atoms with Gasteiger partial charge in [-0.05, 0) is 31.6 Å². The third-order valence-corrected chi connectivity index (χ3v) is 4.87. The number of nitrogens with zero attached hydrogens (tertiary/aromatic N) is 2. The fourth-order valence-corrected chi connectivity index (χ4v) is 3.08. The number of rotatable bonds is 5. The van der Waals surface area contributed by atoms with Crippen molar-refractivity contribution in [2.45, 2.75) is 51.5 Å². The van der Waals surface area contributed by atoms with Gasteiger partial charge in [-0.2, -0.15) is 0 Å². The lowest BCUT2D eigenvalue weighted by Gasteiger charge is -2.34. The molecule has 0 spiro atoms. The summed E-state index contributed by atoms with van der Waals surface area (Å²) in [6.45, 7) is 4.27. The molecule has 2 rings (SSSR count). The summed E-state index contributed by atoms with van der Waals surface area (Å²) < 4.78 is 0. The van der Waals surface area contributed by atoms with Crippen molar-refractivity contribution in [1.29, 1.82) is 0 Å². The summed E-state index contributed by atoms with van der Waals surface area (Å²) in [5, 5.41) is 1.01. The van der Waals surface area contributed by atoms with Crippen molar-refractivity contribution in [3.05, 3.63) is 10.6 Å². The second kappa shape index (κ2) is 5.17. The summed E-state index contributed by atoms with van der Waals surface area (Å²) in [6.07, 6.45) is 5.81. The van der Waals surface area contributed by atoms with E-state index >= 15 is 0 Å². The van der Waals surface area contributed by atoms with Gasteiger partial charge < -0.3 is 4.90 Å². The third kappa shape index (κ3) is 2.37. The monoisotopic (exact) mass is 252 g/mol. The Morgan fingerprint density at radius 3 is 2.76 bits per heavy atom. The molecule has 0 amide bonds. The molecule has 1 saturated carbocycles. The van der Waals surface area contributed by atoms with Crippen molar-refractivity contribution in [2.24, 2.45) is 0 Å². The zero-order chi connectivity index (χ0) is 12.4. The Hall–Kier alpha value is -0.900. The van der Waals surface area contributed by atoms with E-state index in [2.05, 4.69) is 30.8 Å². The molecule has 1 fully saturated rings. The molecule has 0 bridgehead atoms. The molecule has 1 heterocycles. The molecule has 1 aromatic rings. The molecule has 1 aliphatic carbocycles. The zero-order valence-corrected chi connectivity index (χ0v) is 11.6. The quantitative estimate of drug-likeness (QED) is 0.752. The highest BCUT2D eigenvalue weighted by atomic mass is 32.1. The maximum absolute atomic E-state index is 11.1. The first-order chi connectivity index (χ1) is 8.17. The first kappa shape index (κ1) is 12.6. The highest BCUT2D eigenvalue weighted by molar-refractivity contribution is 7.17. The van der Waals surface area contributed by atoms with Gasteiger partial charge in [-0.3, -0.25) is 4.79 Å². The molecular formula is C13H20N2OS. The Morgan fingerprint density at radius 1 is 1.59 bits per heavy atom. The number of hydrogen-bond donors (Lipinski definition) is 0. The molecule has 1 unspecified atom stereocenters. The fraction of sp³-hybridized carbons (Fsp3) is 0.692. The first-order valence-electron chi connectivity index (χ1n) is 6.36. The smallest absolute Gasteiger partial charge is 0.186 e. The summed E-state index contributed by atoms with van der Waals surface area (Å²) in [5.41, 5.74) is 0.980. The lowest BCUT2D eigenvalue weighted by atomic mass is 9.92. The van der Waals surface area contributed by atoms with E-state index in [0.717, 1.165) is 28.4 Å². The summed E-state index contributed by atoms with van der Waals surface area (Å²) in [7, 11) is 2.09. The van der Waals surface area contributed by atoms with Crippen LogP contribution in [0.2, 0.25) is 0 Å². The van der Waals surface area contributed by atoms with Crippen molar-refractivity contribution in [3.63, 3.8) is 0 Å². The molecule has 3 nitrogen and oxygen atoms in total. The number of carbonyl (C=O) groups is 1. The van der Waals surface area contributed by atoms with Crippen molar-refractivity contribution < 1.29 is 4.79 Å². The molecule has 0 radical (unpaired) electrons. The van der Waals surface area contributed by atoms with Crippen LogP contribution >= 0.6 is 11.3 Å². The van der Waals surface area contributed by atoms with E-state index in [1.54, 1.807) is 0 Å². The number of aromatic nitrogens is 1. The van der Waals surface area contributed by atoms with Crippen LogP contribution in [0.3, 0.4) is 0 Å². The van der Waals surface area contributed by atoms with Crippen LogP contribution in [-0.2, 0) is 0 Å². The lowest BCUT2D eigenvalue weighted by molar-refractivity contribution is 0.112. The Balaban J connectivity index is 2.23. The minimum absolute atomic E-state index is 0.370. The molecule has 17 heavy (non-hydrogen) atoms. The molecule has 1 aromatic heterocycles. The largest absolute Gasteiger partial charge is 0.348 e. The van der Waals surface area contributed by atoms with Gasteiger partial charge in [0.15, 0.2) is 11.4 Å². The van der Waals surface area contributed by atoms with E-state index in [9.17, 15) is 4.79 Å². The van der Waals surface area contributed by atoms with E-state index < -0.39 is 0 Å². The zero-order valence-electron chi connectivity index (χ0n) is 10.8. The SMILES string of the molecule is CCC(C)c1nc(N(C)C2CCC2)sc1C=O. The number of hydrogen-bond acceptors (Lipinski definition) is 4. The summed E-state index contributed by atoms with van der Waals surface area (Å²) in [4.78, 5) is 18.8. The van der Waals surface area contributed by atoms with E-state index in [4.69, 9.17) is 0 Å². The number of thiazole rings is 1. The van der Waals surface area contributed by atoms with Crippen molar-refractivity contribution in [2.75, 3.05) is 11.9 Å². The Labute approximate surface area is 107 Å². The van der Waals surface area contributed by atoms with Crippen LogP contribution in [-0.4, -0.2) is 24.4 Å². The minimum atomic E-state index is 0.370. The Bertz CT molecular complexity index is 398. The van der Waals surface area contributed by atoms with Crippen LogP contribution in [0.1, 0.15) is 60.8 Å². The highest BCUT2D eigenvalue weighted by Crippen LogP contribution is 2.34. The Morgan fingerprint density at radius 2 is 2.29 bits per heavy atom. The van der Waals surface area contributed by atoms with Gasteiger partial charge in [-0.15, -0.1) is 0 Å². The molecular weight excluding hydrogens is 232 g/mol. The minimum Gasteiger partial charge on any atom is -0.348 e. The van der Waals surface area contributed by atoms with Crippen LogP contribution < -0.4 is 4.90 Å². The second-order valence-corrected chi connectivity index (χ2v) is 5.88. The molecule has 0 aromatic carbocycles. The fourth-order valence-electron chi connectivity index (χ4n) is 2.04. The lowest BCUT2D eigenvalue weighted by Crippen LogP contribution is -2.37. The molecule has 0 N–H and O–H groups in total. The third-order valence-electron chi connectivity index (χ3n) is 3.78. The van der Waals surface area contributed by atoms with Crippen LogP contribution in [0.5, 0.6) is 0 Å². The van der Waals surface area contributed by atoms with Gasteiger partial charge in [0, 0.05) is 13.1 Å². The topological polar surface area (TPSA) is 33.2 Å². The van der Waals surface area contributed by atoms with Crippen LogP contribution in [0, 0.1) is 0 Å². The molecule has 1 atom stereocenters. The van der Waals surface area contributed by atoms with Crippen molar-refractivity contribution in [1.82, 2.24) is 4.98 Å². The van der Waals surface area contributed by atoms with E-state index in [1.165, 1.54) is 30.6 Å². The van der Waals surface area contributed by atoms with Gasteiger partial charge in [0.05, 0.1) is 10.6 Å². The molecule has 0 aliphatic heterocycles. The maximum Gasteiger partial charge on any atom is 0.186 e. The van der Waals surface area contributed by atoms with Crippen molar-refractivity contribution in [3.8, 4) is 0 Å². The summed E-state index contributed by atoms with van der Waals surface area (Å²) in [6, 6.07) is 0.630. The van der Waals surface area contributed by atoms with E-state index in [-0.39, 0.29) is 0 Å². The maximum atomic E-state index is 11.1. The van der Waals surface area contributed by atoms with Gasteiger partial charge in [-0.1, -0.05) is 25.2 Å². The predicted molar refractivity (Wildman–Crippen MR) is 72.2 cm³/mol.